The van der Waals surface area contributed by atoms with Crippen molar-refractivity contribution in [2.24, 2.45) is 10.4 Å². The minimum atomic E-state index is -3.13. The van der Waals surface area contributed by atoms with Crippen LogP contribution in [-0.2, 0) is 30.4 Å². The molecule has 284 valence electrons. The number of methoxy groups -OCH3 is 1. The van der Waals surface area contributed by atoms with E-state index in [1.165, 1.54) is 24.5 Å². The van der Waals surface area contributed by atoms with Crippen molar-refractivity contribution in [3.8, 4) is 0 Å². The maximum absolute atomic E-state index is 16.2. The Kier molecular flexibility index (Phi) is 11.4. The second kappa shape index (κ2) is 15.7. The summed E-state index contributed by atoms with van der Waals surface area (Å²) in [5.41, 5.74) is 1.74. The van der Waals surface area contributed by atoms with Crippen LogP contribution in [0.1, 0.15) is 60.6 Å². The molecule has 3 aliphatic rings. The number of aryl methyl sites for hydroxylation is 1. The van der Waals surface area contributed by atoms with Crippen LogP contribution in [0.4, 0.5) is 13.2 Å². The largest absolute Gasteiger partial charge is 0.463 e. The topological polar surface area (TPSA) is 106 Å². The lowest BCUT2D eigenvalue weighted by Crippen LogP contribution is -2.52. The Bertz CT molecular complexity index is 1880. The van der Waals surface area contributed by atoms with Gasteiger partial charge in [-0.05, 0) is 63.8 Å². The zero-order valence-electron chi connectivity index (χ0n) is 30.8. The van der Waals surface area contributed by atoms with Crippen molar-refractivity contribution in [3.63, 3.8) is 0 Å². The third kappa shape index (κ3) is 7.91. The van der Waals surface area contributed by atoms with E-state index in [1.807, 2.05) is 42.6 Å². The van der Waals surface area contributed by atoms with Gasteiger partial charge in [0, 0.05) is 49.6 Å². The summed E-state index contributed by atoms with van der Waals surface area (Å²) >= 11 is 1.35. The van der Waals surface area contributed by atoms with Crippen LogP contribution in [0, 0.1) is 25.1 Å². The first-order valence-electron chi connectivity index (χ1n) is 17.8. The first-order valence-corrected chi connectivity index (χ1v) is 18.7. The first kappa shape index (κ1) is 38.6. The molecule has 53 heavy (non-hydrogen) atoms. The van der Waals surface area contributed by atoms with Crippen molar-refractivity contribution < 1.29 is 37.0 Å². The molecule has 4 heterocycles. The lowest BCUT2D eigenvalue weighted by molar-refractivity contribution is -0.165. The number of hydrogen-bond donors (Lipinski definition) is 1. The Labute approximate surface area is 312 Å². The molecule has 1 aromatic heterocycles. The molecule has 0 radical (unpaired) electrons. The second-order valence-corrected chi connectivity index (χ2v) is 15.2. The molecule has 0 bridgehead atoms. The van der Waals surface area contributed by atoms with Gasteiger partial charge < -0.3 is 19.5 Å². The number of aliphatic imine (C=N–C) groups is 1. The van der Waals surface area contributed by atoms with E-state index in [0.29, 0.717) is 40.6 Å². The highest BCUT2D eigenvalue weighted by atomic mass is 32.1. The number of likely N-dealkylation sites (tertiary alicyclic amines) is 2. The summed E-state index contributed by atoms with van der Waals surface area (Å²) in [6.45, 7) is 8.56. The zero-order chi connectivity index (χ0) is 38.1. The highest BCUT2D eigenvalue weighted by Gasteiger charge is 2.60. The summed E-state index contributed by atoms with van der Waals surface area (Å²) in [7, 11) is 1.47. The summed E-state index contributed by atoms with van der Waals surface area (Å²) in [5.74, 6) is -4.37. The quantitative estimate of drug-likeness (QED) is 0.211. The van der Waals surface area contributed by atoms with Crippen molar-refractivity contribution in [3.05, 3.63) is 98.4 Å². The summed E-state index contributed by atoms with van der Waals surface area (Å²) in [6, 6.07) is 11.2. The predicted octanol–water partition coefficient (Wildman–Crippen LogP) is 5.99. The summed E-state index contributed by atoms with van der Waals surface area (Å²) < 4.78 is 64.3. The molecule has 0 amide bonds. The van der Waals surface area contributed by atoms with Crippen molar-refractivity contribution in [1.82, 2.24) is 20.1 Å². The fourth-order valence-corrected chi connectivity index (χ4v) is 8.32. The zero-order valence-corrected chi connectivity index (χ0v) is 31.6. The normalized spacial score (nSPS) is 22.3. The van der Waals surface area contributed by atoms with E-state index >= 15 is 8.78 Å². The molecule has 6 rings (SSSR count). The molecule has 14 heteroatoms. The van der Waals surface area contributed by atoms with Crippen molar-refractivity contribution in [2.45, 2.75) is 77.8 Å². The SMILES string of the molecule is CCOC(=O)C1=C(CN2CC(F)(F)[C@H]3[C@@H]2CCN3C[C@@H](OC)C(C)(C)C(=O)OCc2ccccc2)NC(c2nc(C)cs2)=N[C@H]1c1cccc(F)c1C. The van der Waals surface area contributed by atoms with Crippen LogP contribution in [0.5, 0.6) is 0 Å². The van der Waals surface area contributed by atoms with Crippen LogP contribution in [0.25, 0.3) is 0 Å². The maximum atomic E-state index is 16.2. The minimum absolute atomic E-state index is 0.0437. The average Bonchev–Trinajstić information content (AvgIpc) is 3.83. The number of esters is 2. The number of rotatable bonds is 13. The highest BCUT2D eigenvalue weighted by molar-refractivity contribution is 7.11. The van der Waals surface area contributed by atoms with Crippen molar-refractivity contribution in [1.29, 1.82) is 0 Å². The average molecular weight is 754 g/mol. The van der Waals surface area contributed by atoms with Gasteiger partial charge in [0.15, 0.2) is 10.8 Å². The molecule has 4 atom stereocenters. The molecule has 10 nitrogen and oxygen atoms in total. The van der Waals surface area contributed by atoms with E-state index in [9.17, 15) is 14.0 Å². The van der Waals surface area contributed by atoms with Gasteiger partial charge in [-0.2, -0.15) is 0 Å². The number of ether oxygens (including phenoxy) is 3. The molecule has 1 N–H and O–H groups in total. The van der Waals surface area contributed by atoms with Gasteiger partial charge in [0.25, 0.3) is 5.92 Å². The molecular weight excluding hydrogens is 708 g/mol. The van der Waals surface area contributed by atoms with Gasteiger partial charge in [0.1, 0.15) is 18.5 Å². The van der Waals surface area contributed by atoms with Crippen LogP contribution >= 0.6 is 11.3 Å². The number of amidine groups is 1. The van der Waals surface area contributed by atoms with E-state index in [-0.39, 0.29) is 31.9 Å². The van der Waals surface area contributed by atoms with Gasteiger partial charge in [-0.3, -0.25) is 19.6 Å². The first-order chi connectivity index (χ1) is 25.2. The lowest BCUT2D eigenvalue weighted by Gasteiger charge is -2.36. The van der Waals surface area contributed by atoms with Gasteiger partial charge in [-0.1, -0.05) is 42.5 Å². The molecule has 2 saturated heterocycles. The van der Waals surface area contributed by atoms with Crippen LogP contribution in [0.3, 0.4) is 0 Å². The van der Waals surface area contributed by atoms with Gasteiger partial charge in [0.05, 0.1) is 36.3 Å². The van der Waals surface area contributed by atoms with Crippen LogP contribution in [0.15, 0.2) is 70.2 Å². The van der Waals surface area contributed by atoms with Gasteiger partial charge >= 0.3 is 11.9 Å². The van der Waals surface area contributed by atoms with Crippen molar-refractivity contribution >= 4 is 29.1 Å². The molecule has 0 aliphatic carbocycles. The summed E-state index contributed by atoms with van der Waals surface area (Å²) in [6.07, 6.45) is -0.306. The van der Waals surface area contributed by atoms with Gasteiger partial charge in [-0.15, -0.1) is 11.3 Å². The number of nitrogens with zero attached hydrogens (tertiary/aromatic N) is 4. The minimum Gasteiger partial charge on any atom is -0.463 e. The van der Waals surface area contributed by atoms with Crippen LogP contribution in [-0.4, -0.2) is 96.6 Å². The molecule has 3 aromatic rings. The molecule has 0 spiro atoms. The molecule has 0 unspecified atom stereocenters. The Morgan fingerprint density at radius 2 is 1.85 bits per heavy atom. The fraction of sp³-hybridized carbons (Fsp3) is 0.487. The molecule has 2 aromatic carbocycles. The van der Waals surface area contributed by atoms with Crippen molar-refractivity contribution in [2.75, 3.05) is 39.9 Å². The number of carbonyl (C=O) groups excluding carboxylic acids is 2. The van der Waals surface area contributed by atoms with Gasteiger partial charge in [0.2, 0.25) is 0 Å². The molecular formula is C39H46F3N5O5S. The van der Waals surface area contributed by atoms with E-state index in [4.69, 9.17) is 19.2 Å². The second-order valence-electron chi connectivity index (χ2n) is 14.3. The Balaban J connectivity index is 1.27. The fourth-order valence-electron chi connectivity index (χ4n) is 7.57. The van der Waals surface area contributed by atoms with E-state index in [0.717, 1.165) is 11.3 Å². The Morgan fingerprint density at radius 3 is 2.53 bits per heavy atom. The standard InChI is InChI=1S/C39H46F3N5O5S/c1-7-51-36(48)31-28(44-34(35-43-23(2)21-53-35)45-32(31)26-14-11-15-27(40)24(26)3)18-47-22-39(41,42)33-29(47)16-17-46(33)19-30(50-6)38(4,5)37(49)52-20-25-12-9-8-10-13-25/h8-15,21,29-30,32-33H,7,16-20,22H2,1-6H3,(H,44,45)/t29-,30+,32-,33+/m0/s1. The summed E-state index contributed by atoms with van der Waals surface area (Å²) in [5, 5.41) is 5.67. The number of alkyl halides is 2. The number of aromatic nitrogens is 1. The number of fused-ring (bicyclic) bond motifs is 1. The number of hydrogen-bond acceptors (Lipinski definition) is 11. The Hall–Kier alpha value is -4.11. The smallest absolute Gasteiger partial charge is 0.338 e. The third-order valence-electron chi connectivity index (χ3n) is 10.4. The number of benzene rings is 2. The van der Waals surface area contributed by atoms with E-state index in [1.54, 1.807) is 49.6 Å². The Morgan fingerprint density at radius 1 is 1.09 bits per heavy atom. The maximum Gasteiger partial charge on any atom is 0.338 e. The third-order valence-corrected chi connectivity index (χ3v) is 11.4. The van der Waals surface area contributed by atoms with E-state index < -0.39 is 59.9 Å². The number of halogens is 3. The van der Waals surface area contributed by atoms with Crippen LogP contribution < -0.4 is 5.32 Å². The monoisotopic (exact) mass is 753 g/mol. The molecule has 0 saturated carbocycles. The van der Waals surface area contributed by atoms with Gasteiger partial charge in [-0.25, -0.2) is 22.9 Å². The molecule has 3 aliphatic heterocycles. The summed E-state index contributed by atoms with van der Waals surface area (Å²) in [4.78, 5) is 39.9. The van der Waals surface area contributed by atoms with E-state index in [2.05, 4.69) is 10.3 Å². The number of thiazole rings is 1. The molecule has 2 fully saturated rings. The number of nitrogens with one attached hydrogen (secondary N) is 1. The highest BCUT2D eigenvalue weighted by Crippen LogP contribution is 2.44. The van der Waals surface area contributed by atoms with Crippen LogP contribution in [0.2, 0.25) is 0 Å². The lowest BCUT2D eigenvalue weighted by atomic mass is 9.85. The predicted molar refractivity (Wildman–Crippen MR) is 195 cm³/mol. The number of carbonyl (C=O) groups is 2.